The Labute approximate surface area is 102 Å². The lowest BCUT2D eigenvalue weighted by molar-refractivity contribution is -0.115. The first-order chi connectivity index (χ1) is 8.28. The van der Waals surface area contributed by atoms with Crippen LogP contribution in [-0.2, 0) is 11.2 Å². The number of hydrogen-bond donors (Lipinski definition) is 0. The van der Waals surface area contributed by atoms with Crippen molar-refractivity contribution in [1.29, 1.82) is 0 Å². The largest absolute Gasteiger partial charge is 0.497 e. The highest BCUT2D eigenvalue weighted by atomic mass is 16.5. The summed E-state index contributed by atoms with van der Waals surface area (Å²) in [5.41, 5.74) is 1.31. The lowest BCUT2D eigenvalue weighted by atomic mass is 9.88. The molecule has 0 radical (unpaired) electrons. The van der Waals surface area contributed by atoms with Crippen molar-refractivity contribution >= 4 is 5.78 Å². The molecular formula is C15H18O2. The summed E-state index contributed by atoms with van der Waals surface area (Å²) in [7, 11) is 1.68. The third-order valence-electron chi connectivity index (χ3n) is 3.26. The van der Waals surface area contributed by atoms with E-state index >= 15 is 0 Å². The summed E-state index contributed by atoms with van der Waals surface area (Å²) >= 11 is 0. The molecule has 1 aliphatic carbocycles. The van der Waals surface area contributed by atoms with Crippen LogP contribution in [0.25, 0.3) is 0 Å². The van der Waals surface area contributed by atoms with Gasteiger partial charge >= 0.3 is 0 Å². The lowest BCUT2D eigenvalue weighted by Crippen LogP contribution is -2.11. The van der Waals surface area contributed by atoms with Crippen molar-refractivity contribution in [3.63, 3.8) is 0 Å². The second kappa shape index (κ2) is 5.67. The van der Waals surface area contributed by atoms with Crippen LogP contribution < -0.4 is 4.74 Å². The number of benzene rings is 1. The summed E-state index contributed by atoms with van der Waals surface area (Å²) in [5, 5.41) is 0. The van der Waals surface area contributed by atoms with Gasteiger partial charge in [0, 0.05) is 6.42 Å². The van der Waals surface area contributed by atoms with Gasteiger partial charge in [0.25, 0.3) is 0 Å². The molecule has 0 amide bonds. The summed E-state index contributed by atoms with van der Waals surface area (Å²) in [6.07, 6.45) is 7.60. The Balaban J connectivity index is 1.85. The minimum Gasteiger partial charge on any atom is -0.497 e. The lowest BCUT2D eigenvalue weighted by Gasteiger charge is -2.16. The standard InChI is InChI=1S/C15H18O2/c1-17-15-9-7-12(8-10-15)5-6-13-3-2-4-14(16)11-13/h2,4,7-10,13H,3,5-6,11H2,1H3/t13-/m1/s1. The molecule has 1 aromatic carbocycles. The predicted molar refractivity (Wildman–Crippen MR) is 68.2 cm³/mol. The van der Waals surface area contributed by atoms with Gasteiger partial charge in [-0.15, -0.1) is 0 Å². The van der Waals surface area contributed by atoms with E-state index in [1.54, 1.807) is 13.2 Å². The Morgan fingerprint density at radius 1 is 1.29 bits per heavy atom. The molecule has 0 aromatic heterocycles. The van der Waals surface area contributed by atoms with Crippen molar-refractivity contribution < 1.29 is 9.53 Å². The molecule has 0 aliphatic heterocycles. The molecular weight excluding hydrogens is 212 g/mol. The fourth-order valence-electron chi connectivity index (χ4n) is 2.21. The number of ether oxygens (including phenoxy) is 1. The third-order valence-corrected chi connectivity index (χ3v) is 3.26. The van der Waals surface area contributed by atoms with Crippen LogP contribution in [0.2, 0.25) is 0 Å². The van der Waals surface area contributed by atoms with E-state index in [-0.39, 0.29) is 5.78 Å². The molecule has 2 heteroatoms. The first kappa shape index (κ1) is 11.9. The number of ketones is 1. The third kappa shape index (κ3) is 3.45. The van der Waals surface area contributed by atoms with Gasteiger partial charge in [0.05, 0.1) is 7.11 Å². The van der Waals surface area contributed by atoms with E-state index in [0.29, 0.717) is 12.3 Å². The summed E-state index contributed by atoms with van der Waals surface area (Å²) < 4.78 is 5.12. The Morgan fingerprint density at radius 3 is 2.71 bits per heavy atom. The van der Waals surface area contributed by atoms with Crippen LogP contribution in [0.3, 0.4) is 0 Å². The molecule has 0 N–H and O–H groups in total. The van der Waals surface area contributed by atoms with Crippen LogP contribution in [0.15, 0.2) is 36.4 Å². The molecule has 0 saturated carbocycles. The van der Waals surface area contributed by atoms with Crippen molar-refractivity contribution in [2.45, 2.75) is 25.7 Å². The van der Waals surface area contributed by atoms with E-state index in [4.69, 9.17) is 4.74 Å². The molecule has 2 rings (SSSR count). The normalized spacial score (nSPS) is 19.4. The zero-order chi connectivity index (χ0) is 12.1. The van der Waals surface area contributed by atoms with Gasteiger partial charge < -0.3 is 4.74 Å². The second-order valence-electron chi connectivity index (χ2n) is 4.56. The number of carbonyl (C=O) groups is 1. The molecule has 0 spiro atoms. The smallest absolute Gasteiger partial charge is 0.155 e. The molecule has 1 aromatic rings. The number of methoxy groups -OCH3 is 1. The minimum atomic E-state index is 0.274. The SMILES string of the molecule is COc1ccc(CC[C@H]2CC=CC(=O)C2)cc1. The number of allylic oxidation sites excluding steroid dienone is 2. The predicted octanol–water partition coefficient (Wildman–Crippen LogP) is 3.16. The monoisotopic (exact) mass is 230 g/mol. The van der Waals surface area contributed by atoms with E-state index in [9.17, 15) is 4.79 Å². The maximum absolute atomic E-state index is 11.3. The summed E-state index contributed by atoms with van der Waals surface area (Å²) in [6.45, 7) is 0. The number of hydrogen-bond acceptors (Lipinski definition) is 2. The number of carbonyl (C=O) groups excluding carboxylic acids is 1. The summed E-state index contributed by atoms with van der Waals surface area (Å²) in [6, 6.07) is 8.17. The van der Waals surface area contributed by atoms with Gasteiger partial charge in [0.2, 0.25) is 0 Å². The zero-order valence-corrected chi connectivity index (χ0v) is 10.2. The van der Waals surface area contributed by atoms with Crippen LogP contribution in [0.4, 0.5) is 0 Å². The van der Waals surface area contributed by atoms with Gasteiger partial charge in [-0.25, -0.2) is 0 Å². The van der Waals surface area contributed by atoms with E-state index in [0.717, 1.165) is 25.0 Å². The van der Waals surface area contributed by atoms with Crippen LogP contribution in [0.5, 0.6) is 5.75 Å². The summed E-state index contributed by atoms with van der Waals surface area (Å²) in [4.78, 5) is 11.3. The van der Waals surface area contributed by atoms with E-state index in [1.807, 2.05) is 18.2 Å². The average Bonchev–Trinajstić information content (AvgIpc) is 2.37. The van der Waals surface area contributed by atoms with Gasteiger partial charge in [0.1, 0.15) is 5.75 Å². The van der Waals surface area contributed by atoms with Crippen LogP contribution in [0.1, 0.15) is 24.8 Å². The molecule has 90 valence electrons. The molecule has 0 unspecified atom stereocenters. The maximum atomic E-state index is 11.3. The highest BCUT2D eigenvalue weighted by molar-refractivity contribution is 5.90. The van der Waals surface area contributed by atoms with Crippen molar-refractivity contribution in [3.05, 3.63) is 42.0 Å². The van der Waals surface area contributed by atoms with Crippen molar-refractivity contribution in [2.75, 3.05) is 7.11 Å². The van der Waals surface area contributed by atoms with Crippen molar-refractivity contribution in [1.82, 2.24) is 0 Å². The Kier molecular flexibility index (Phi) is 3.97. The van der Waals surface area contributed by atoms with Crippen LogP contribution in [0, 0.1) is 5.92 Å². The topological polar surface area (TPSA) is 26.3 Å². The van der Waals surface area contributed by atoms with E-state index < -0.39 is 0 Å². The Bertz CT molecular complexity index is 403. The van der Waals surface area contributed by atoms with Gasteiger partial charge in [-0.3, -0.25) is 4.79 Å². The summed E-state index contributed by atoms with van der Waals surface area (Å²) in [5.74, 6) is 1.69. The van der Waals surface area contributed by atoms with Gasteiger partial charge in [0.15, 0.2) is 5.78 Å². The number of rotatable bonds is 4. The Morgan fingerprint density at radius 2 is 2.06 bits per heavy atom. The molecule has 0 heterocycles. The fourth-order valence-corrected chi connectivity index (χ4v) is 2.21. The highest BCUT2D eigenvalue weighted by Gasteiger charge is 2.14. The first-order valence-electron chi connectivity index (χ1n) is 6.10. The van der Waals surface area contributed by atoms with Crippen molar-refractivity contribution in [2.24, 2.45) is 5.92 Å². The van der Waals surface area contributed by atoms with E-state index in [2.05, 4.69) is 12.1 Å². The first-order valence-corrected chi connectivity index (χ1v) is 6.10. The average molecular weight is 230 g/mol. The molecule has 0 saturated heterocycles. The second-order valence-corrected chi connectivity index (χ2v) is 4.56. The van der Waals surface area contributed by atoms with Gasteiger partial charge in [-0.05, 0) is 49.0 Å². The molecule has 0 fully saturated rings. The molecule has 0 bridgehead atoms. The van der Waals surface area contributed by atoms with Crippen LogP contribution in [-0.4, -0.2) is 12.9 Å². The molecule has 2 nitrogen and oxygen atoms in total. The minimum absolute atomic E-state index is 0.274. The molecule has 1 aliphatic rings. The zero-order valence-electron chi connectivity index (χ0n) is 10.2. The van der Waals surface area contributed by atoms with Crippen molar-refractivity contribution in [3.8, 4) is 5.75 Å². The Hall–Kier alpha value is -1.57. The van der Waals surface area contributed by atoms with Crippen LogP contribution >= 0.6 is 0 Å². The highest BCUT2D eigenvalue weighted by Crippen LogP contribution is 2.22. The maximum Gasteiger partial charge on any atom is 0.155 e. The van der Waals surface area contributed by atoms with Gasteiger partial charge in [-0.1, -0.05) is 18.2 Å². The molecule has 1 atom stereocenters. The van der Waals surface area contributed by atoms with Gasteiger partial charge in [-0.2, -0.15) is 0 Å². The molecule has 17 heavy (non-hydrogen) atoms. The quantitative estimate of drug-likeness (QED) is 0.794. The fraction of sp³-hybridized carbons (Fsp3) is 0.400. The van der Waals surface area contributed by atoms with E-state index in [1.165, 1.54) is 5.56 Å². The number of aryl methyl sites for hydroxylation is 1.